The van der Waals surface area contributed by atoms with Crippen LogP contribution >= 0.6 is 0 Å². The van der Waals surface area contributed by atoms with Crippen LogP contribution in [0, 0.1) is 0 Å². The summed E-state index contributed by atoms with van der Waals surface area (Å²) in [5.41, 5.74) is 21.1. The fourth-order valence-electron chi connectivity index (χ4n) is 12.8. The number of aromatic nitrogens is 3. The molecule has 0 bridgehead atoms. The van der Waals surface area contributed by atoms with Crippen molar-refractivity contribution in [2.24, 2.45) is 22.2 Å². The first-order valence-corrected chi connectivity index (χ1v) is 34.5. The van der Waals surface area contributed by atoms with E-state index in [1.165, 1.54) is 18.0 Å². The molecule has 5 heterocycles. The number of aliphatic hydroxyl groups excluding tert-OH is 5. The van der Waals surface area contributed by atoms with Crippen LogP contribution in [-0.4, -0.2) is 268 Å². The van der Waals surface area contributed by atoms with Crippen molar-refractivity contribution in [3.8, 4) is 0 Å². The van der Waals surface area contributed by atoms with E-state index in [-0.39, 0.29) is 77.0 Å². The summed E-state index contributed by atoms with van der Waals surface area (Å²) in [6, 6.07) is 1.21. The maximum Gasteiger partial charge on any atom is 0.328 e. The zero-order chi connectivity index (χ0) is 77.8. The van der Waals surface area contributed by atoms with Gasteiger partial charge in [0.25, 0.3) is 0 Å². The van der Waals surface area contributed by atoms with Crippen LogP contribution in [0.15, 0.2) is 96.4 Å². The second-order valence-corrected chi connectivity index (χ2v) is 26.0. The molecule has 0 saturated carbocycles. The summed E-state index contributed by atoms with van der Waals surface area (Å²) in [7, 11) is 0. The number of nitrogens with zero attached hydrogens (tertiary/aromatic N) is 3. The number of aliphatic carboxylic acids is 2. The third kappa shape index (κ3) is 21.1. The van der Waals surface area contributed by atoms with E-state index >= 15 is 0 Å². The Morgan fingerprint density at radius 1 is 0.486 bits per heavy atom. The molecule has 3 aromatic carbocycles. The number of fused-ring (bicyclic) bond motifs is 3. The van der Waals surface area contributed by atoms with Crippen molar-refractivity contribution in [2.75, 3.05) is 46.1 Å². The van der Waals surface area contributed by atoms with E-state index in [9.17, 15) is 98.1 Å². The van der Waals surface area contributed by atoms with Gasteiger partial charge in [0.05, 0.1) is 45.0 Å². The average molecular weight is 1490 g/mol. The number of hydrogen-bond donors (Lipinski definition) is 22. The molecule has 0 spiro atoms. The lowest BCUT2D eigenvalue weighted by atomic mass is 10.0. The maximum absolute atomic E-state index is 14.6. The molecule has 107 heavy (non-hydrogen) atoms. The van der Waals surface area contributed by atoms with Gasteiger partial charge < -0.3 is 126 Å². The standard InChI is InChI=1S/C69H90N18O20/c1-34(92)56(85-64(102)54-19-9-21-86(54)66(104)41(70)23-35-27-74-42-14-5-2-11-38(35)42)65(103)83-51(32-90)67(105)87-22-10-18-53(87)63(101)80-47(25-37-29-76-44-16-7-4-13-40(37)44)58(96)81-50(31-89)62(100)82-49(30-88)61(99)77-45(17-8-20-73-69(71)72)57(95)79-48(26-55(93)94)60(98)78-46(59(97)84-52(33-91)68(106)107)24-36-28-75-43-15-6-3-12-39(36)43/h2-7,11-16,27-29,34,41,45-54,56,74-76,88-92H,8-10,17-26,30-33,70H2,1H3,(H,77,99)(H,78,98)(H,79,95)(H,80,101)(H,81,96)(H,82,100)(H,83,103)(H,84,97)(H,85,102)(H,93,94)(H,106,107)(H4,71,72,73)/t34-,41+,45+,46+,47+,48+,49+,50+,51+,52+,53+,54+,56+/m1/s1. The van der Waals surface area contributed by atoms with E-state index in [0.717, 1.165) is 21.4 Å². The van der Waals surface area contributed by atoms with Gasteiger partial charge in [0.1, 0.15) is 66.5 Å². The van der Waals surface area contributed by atoms with E-state index in [4.69, 9.17) is 17.2 Å². The molecule has 2 aliphatic rings. The van der Waals surface area contributed by atoms with Gasteiger partial charge in [0.2, 0.25) is 65.0 Å². The Morgan fingerprint density at radius 2 is 0.869 bits per heavy atom. The molecule has 38 heteroatoms. The first-order chi connectivity index (χ1) is 51.1. The summed E-state index contributed by atoms with van der Waals surface area (Å²) in [4.78, 5) is 195. The van der Waals surface area contributed by atoms with Gasteiger partial charge in [-0.3, -0.25) is 62.5 Å². The average Bonchev–Trinajstić information content (AvgIpc) is 1.73. The van der Waals surface area contributed by atoms with Gasteiger partial charge >= 0.3 is 11.9 Å². The number of H-pyrrole nitrogens is 3. The second-order valence-electron chi connectivity index (χ2n) is 26.0. The zero-order valence-electron chi connectivity index (χ0n) is 58.2. The quantitative estimate of drug-likeness (QED) is 0.00974. The molecule has 576 valence electrons. The highest BCUT2D eigenvalue weighted by Crippen LogP contribution is 2.26. The molecule has 11 amide bonds. The molecule has 38 nitrogen and oxygen atoms in total. The Morgan fingerprint density at radius 3 is 1.33 bits per heavy atom. The fraction of sp³-hybridized carbons (Fsp3) is 0.449. The Labute approximate surface area is 610 Å². The van der Waals surface area contributed by atoms with Crippen LogP contribution in [0.1, 0.15) is 68.6 Å². The summed E-state index contributed by atoms with van der Waals surface area (Å²) in [5.74, 6) is -15.3. The number of carbonyl (C=O) groups excluding carboxylic acids is 11. The van der Waals surface area contributed by atoms with Gasteiger partial charge in [-0.05, 0) is 86.8 Å². The number of nitrogens with one attached hydrogen (secondary N) is 12. The molecule has 2 fully saturated rings. The molecule has 3 aromatic heterocycles. The molecule has 0 unspecified atom stereocenters. The number of rotatable bonds is 38. The number of carboxylic acid groups (broad SMARTS) is 2. The van der Waals surface area contributed by atoms with Crippen molar-refractivity contribution in [1.82, 2.24) is 72.6 Å². The number of hydrogen-bond acceptors (Lipinski definition) is 20. The number of para-hydroxylation sites is 3. The number of amides is 11. The maximum atomic E-state index is 14.6. The van der Waals surface area contributed by atoms with Crippen LogP contribution in [-0.2, 0) is 81.6 Å². The Hall–Kier alpha value is -11.6. The van der Waals surface area contributed by atoms with Gasteiger partial charge in [-0.25, -0.2) is 4.79 Å². The highest BCUT2D eigenvalue weighted by Gasteiger charge is 2.43. The number of benzene rings is 3. The number of carbonyl (C=O) groups is 13. The van der Waals surface area contributed by atoms with Crippen molar-refractivity contribution in [3.63, 3.8) is 0 Å². The SMILES string of the molecule is C[C@@H](O)[C@H](NC(=O)[C@@H]1CCCN1C(=O)[C@@H](N)Cc1c[nH]c2ccccc12)C(=O)N[C@@H](CO)C(=O)N1CCC[C@H]1C(=O)N[C@@H](Cc1c[nH]c2ccccc12)C(=O)N[C@@H](CO)C(=O)N[C@@H](CO)C(=O)N[C@@H](CCCN=C(N)N)C(=O)N[C@@H](CC(=O)O)C(=O)N[C@@H](Cc1c[nH]c2ccccc12)C(=O)N[C@@H](CO)C(=O)O. The van der Waals surface area contributed by atoms with Gasteiger partial charge in [-0.2, -0.15) is 0 Å². The lowest BCUT2D eigenvalue weighted by Crippen LogP contribution is -2.62. The topological polar surface area (TPSA) is 616 Å². The highest BCUT2D eigenvalue weighted by atomic mass is 16.4. The molecule has 25 N–H and O–H groups in total. The van der Waals surface area contributed by atoms with Crippen LogP contribution in [0.4, 0.5) is 0 Å². The van der Waals surface area contributed by atoms with Crippen LogP contribution in [0.3, 0.4) is 0 Å². The van der Waals surface area contributed by atoms with E-state index in [2.05, 4.69) is 67.8 Å². The molecule has 2 aliphatic heterocycles. The van der Waals surface area contributed by atoms with Crippen LogP contribution in [0.25, 0.3) is 32.7 Å². The number of likely N-dealkylation sites (tertiary alicyclic amines) is 2. The molecule has 8 rings (SSSR count). The molecule has 0 radical (unpaired) electrons. The van der Waals surface area contributed by atoms with Crippen molar-refractivity contribution in [2.45, 2.75) is 150 Å². The van der Waals surface area contributed by atoms with Gasteiger partial charge in [0, 0.05) is 83.8 Å². The molecule has 13 atom stereocenters. The zero-order valence-corrected chi connectivity index (χ0v) is 58.2. The number of guanidine groups is 1. The lowest BCUT2D eigenvalue weighted by Gasteiger charge is -2.31. The normalized spacial score (nSPS) is 17.3. The largest absolute Gasteiger partial charge is 0.481 e. The lowest BCUT2D eigenvalue weighted by molar-refractivity contribution is -0.144. The summed E-state index contributed by atoms with van der Waals surface area (Å²) in [5, 5.41) is 94.9. The Bertz CT molecular complexity index is 4250. The summed E-state index contributed by atoms with van der Waals surface area (Å²) in [6.45, 7) is -3.39. The summed E-state index contributed by atoms with van der Waals surface area (Å²) < 4.78 is 0. The molecular formula is C69H90N18O20. The molecule has 0 aliphatic carbocycles. The fourth-order valence-corrected chi connectivity index (χ4v) is 12.8. The van der Waals surface area contributed by atoms with Gasteiger partial charge in [0.15, 0.2) is 5.96 Å². The minimum Gasteiger partial charge on any atom is -0.481 e. The van der Waals surface area contributed by atoms with Crippen LogP contribution in [0.2, 0.25) is 0 Å². The van der Waals surface area contributed by atoms with E-state index in [0.29, 0.717) is 39.4 Å². The Balaban J connectivity index is 0.926. The van der Waals surface area contributed by atoms with Crippen LogP contribution < -0.4 is 65.1 Å². The van der Waals surface area contributed by atoms with Crippen LogP contribution in [0.5, 0.6) is 0 Å². The molecule has 6 aromatic rings. The number of carboxylic acids is 2. The minimum absolute atomic E-state index is 0.0128. The predicted molar refractivity (Wildman–Crippen MR) is 381 cm³/mol. The smallest absolute Gasteiger partial charge is 0.328 e. The summed E-state index contributed by atoms with van der Waals surface area (Å²) >= 11 is 0. The van der Waals surface area contributed by atoms with Crippen molar-refractivity contribution in [1.29, 1.82) is 0 Å². The first-order valence-electron chi connectivity index (χ1n) is 34.5. The molecule has 2 saturated heterocycles. The highest BCUT2D eigenvalue weighted by molar-refractivity contribution is 6.01. The monoisotopic (exact) mass is 1490 g/mol. The number of aromatic amines is 3. The van der Waals surface area contributed by atoms with Gasteiger partial charge in [-0.15, -0.1) is 0 Å². The predicted octanol–water partition coefficient (Wildman–Crippen LogP) is -6.21. The number of aliphatic hydroxyl groups is 5. The molecular weight excluding hydrogens is 1400 g/mol. The number of nitrogens with two attached hydrogens (primary N) is 3. The third-order valence-corrected chi connectivity index (χ3v) is 18.5. The van der Waals surface area contributed by atoms with Crippen molar-refractivity contribution < 1.29 is 98.1 Å². The van der Waals surface area contributed by atoms with Crippen molar-refractivity contribution >= 4 is 116 Å². The number of aliphatic imine (C=N–C) groups is 1. The van der Waals surface area contributed by atoms with E-state index < -0.39 is 188 Å². The Kier molecular flexibility index (Phi) is 28.7. The van der Waals surface area contributed by atoms with E-state index in [1.807, 2.05) is 24.3 Å². The van der Waals surface area contributed by atoms with E-state index in [1.54, 1.807) is 60.9 Å². The third-order valence-electron chi connectivity index (χ3n) is 18.5. The minimum atomic E-state index is -2.03. The van der Waals surface area contributed by atoms with Crippen molar-refractivity contribution in [3.05, 3.63) is 108 Å². The van der Waals surface area contributed by atoms with Gasteiger partial charge in [-0.1, -0.05) is 54.6 Å². The second kappa shape index (κ2) is 37.9. The first kappa shape index (κ1) is 81.1. The summed E-state index contributed by atoms with van der Waals surface area (Å²) in [6.07, 6.45) is 1.90.